The number of piperazine rings is 1. The number of aryl methyl sites for hydroxylation is 3. The van der Waals surface area contributed by atoms with Crippen molar-refractivity contribution in [1.82, 2.24) is 4.90 Å². The van der Waals surface area contributed by atoms with Crippen LogP contribution in [0.15, 0.2) is 42.5 Å². The maximum Gasteiger partial charge on any atom is 0.321 e. The SMILES string of the molecule is Cc1ccccc1NC(=O)N1CCN(c2c(C)cccc2C)CC1. The monoisotopic (exact) mass is 323 g/mol. The van der Waals surface area contributed by atoms with Crippen LogP contribution in [0.4, 0.5) is 16.2 Å². The molecule has 3 rings (SSSR count). The molecule has 1 fully saturated rings. The Balaban J connectivity index is 1.63. The Morgan fingerprint density at radius 1 is 0.833 bits per heavy atom. The molecule has 0 aliphatic carbocycles. The van der Waals surface area contributed by atoms with Crippen LogP contribution in [0.1, 0.15) is 16.7 Å². The first kappa shape index (κ1) is 16.4. The number of urea groups is 1. The van der Waals surface area contributed by atoms with Gasteiger partial charge in [0, 0.05) is 37.6 Å². The molecule has 1 N–H and O–H groups in total. The molecule has 1 heterocycles. The summed E-state index contributed by atoms with van der Waals surface area (Å²) in [6.45, 7) is 9.53. The molecule has 0 aromatic heterocycles. The van der Waals surface area contributed by atoms with Gasteiger partial charge in [-0.05, 0) is 43.5 Å². The Bertz CT molecular complexity index is 713. The van der Waals surface area contributed by atoms with E-state index in [9.17, 15) is 4.79 Å². The minimum atomic E-state index is -0.00884. The van der Waals surface area contributed by atoms with Crippen LogP contribution in [0.5, 0.6) is 0 Å². The maximum atomic E-state index is 12.5. The molecule has 2 amide bonds. The Hall–Kier alpha value is -2.49. The van der Waals surface area contributed by atoms with Gasteiger partial charge in [0.25, 0.3) is 0 Å². The number of anilines is 2. The molecule has 1 aliphatic heterocycles. The summed E-state index contributed by atoms with van der Waals surface area (Å²) in [5.74, 6) is 0. The predicted molar refractivity (Wildman–Crippen MR) is 99.9 cm³/mol. The number of nitrogens with one attached hydrogen (secondary N) is 1. The number of nitrogens with zero attached hydrogens (tertiary/aromatic N) is 2. The van der Waals surface area contributed by atoms with Gasteiger partial charge < -0.3 is 15.1 Å². The van der Waals surface area contributed by atoms with E-state index in [2.05, 4.69) is 42.3 Å². The molecule has 0 radical (unpaired) electrons. The summed E-state index contributed by atoms with van der Waals surface area (Å²) in [4.78, 5) is 16.8. The molecule has 4 heteroatoms. The van der Waals surface area contributed by atoms with Gasteiger partial charge in [-0.1, -0.05) is 36.4 Å². The zero-order valence-corrected chi connectivity index (χ0v) is 14.7. The smallest absolute Gasteiger partial charge is 0.321 e. The largest absolute Gasteiger partial charge is 0.368 e. The van der Waals surface area contributed by atoms with Crippen molar-refractivity contribution in [3.63, 3.8) is 0 Å². The van der Waals surface area contributed by atoms with Crippen LogP contribution < -0.4 is 10.2 Å². The van der Waals surface area contributed by atoms with E-state index in [1.54, 1.807) is 0 Å². The van der Waals surface area contributed by atoms with Gasteiger partial charge in [-0.3, -0.25) is 0 Å². The molecule has 2 aromatic carbocycles. The van der Waals surface area contributed by atoms with Crippen molar-refractivity contribution < 1.29 is 4.79 Å². The molecule has 2 aromatic rings. The number of amides is 2. The average molecular weight is 323 g/mol. The quantitative estimate of drug-likeness (QED) is 0.908. The summed E-state index contributed by atoms with van der Waals surface area (Å²) in [5, 5.41) is 3.03. The van der Waals surface area contributed by atoms with Gasteiger partial charge >= 0.3 is 6.03 Å². The second kappa shape index (κ2) is 6.95. The Labute approximate surface area is 144 Å². The summed E-state index contributed by atoms with van der Waals surface area (Å²) in [7, 11) is 0. The van der Waals surface area contributed by atoms with E-state index in [0.29, 0.717) is 0 Å². The predicted octanol–water partition coefficient (Wildman–Crippen LogP) is 3.97. The zero-order chi connectivity index (χ0) is 17.1. The van der Waals surface area contributed by atoms with Crippen LogP contribution in [-0.2, 0) is 0 Å². The minimum Gasteiger partial charge on any atom is -0.368 e. The Morgan fingerprint density at radius 3 is 2.04 bits per heavy atom. The van der Waals surface area contributed by atoms with Crippen molar-refractivity contribution in [2.45, 2.75) is 20.8 Å². The lowest BCUT2D eigenvalue weighted by atomic mass is 10.1. The normalized spacial score (nSPS) is 14.6. The molecular formula is C20H25N3O. The molecule has 24 heavy (non-hydrogen) atoms. The van der Waals surface area contributed by atoms with E-state index in [0.717, 1.165) is 37.4 Å². The van der Waals surface area contributed by atoms with Crippen molar-refractivity contribution in [3.8, 4) is 0 Å². The highest BCUT2D eigenvalue weighted by atomic mass is 16.2. The molecule has 126 valence electrons. The molecule has 0 saturated carbocycles. The van der Waals surface area contributed by atoms with Crippen LogP contribution in [0.25, 0.3) is 0 Å². The lowest BCUT2D eigenvalue weighted by molar-refractivity contribution is 0.208. The van der Waals surface area contributed by atoms with Crippen LogP contribution >= 0.6 is 0 Å². The zero-order valence-electron chi connectivity index (χ0n) is 14.7. The number of para-hydroxylation sites is 2. The number of rotatable bonds is 2. The molecule has 4 nitrogen and oxygen atoms in total. The van der Waals surface area contributed by atoms with Gasteiger partial charge in [0.15, 0.2) is 0 Å². The minimum absolute atomic E-state index is 0.00884. The van der Waals surface area contributed by atoms with Gasteiger partial charge in [0.05, 0.1) is 0 Å². The summed E-state index contributed by atoms with van der Waals surface area (Å²) >= 11 is 0. The van der Waals surface area contributed by atoms with E-state index >= 15 is 0 Å². The van der Waals surface area contributed by atoms with Crippen LogP contribution in [0, 0.1) is 20.8 Å². The van der Waals surface area contributed by atoms with Gasteiger partial charge in [-0.2, -0.15) is 0 Å². The number of hydrogen-bond acceptors (Lipinski definition) is 2. The molecule has 0 atom stereocenters. The summed E-state index contributed by atoms with van der Waals surface area (Å²) in [6.07, 6.45) is 0. The average Bonchev–Trinajstić information content (AvgIpc) is 2.57. The van der Waals surface area contributed by atoms with Crippen molar-refractivity contribution in [3.05, 3.63) is 59.2 Å². The highest BCUT2D eigenvalue weighted by Gasteiger charge is 2.23. The Kier molecular flexibility index (Phi) is 4.74. The maximum absolute atomic E-state index is 12.5. The van der Waals surface area contributed by atoms with E-state index < -0.39 is 0 Å². The molecule has 1 saturated heterocycles. The molecular weight excluding hydrogens is 298 g/mol. The first-order valence-corrected chi connectivity index (χ1v) is 8.49. The van der Waals surface area contributed by atoms with Crippen LogP contribution in [0.3, 0.4) is 0 Å². The van der Waals surface area contributed by atoms with Gasteiger partial charge in [-0.25, -0.2) is 4.79 Å². The van der Waals surface area contributed by atoms with Gasteiger partial charge in [-0.15, -0.1) is 0 Å². The third-order valence-electron chi connectivity index (χ3n) is 4.71. The van der Waals surface area contributed by atoms with Gasteiger partial charge in [0.1, 0.15) is 0 Å². The van der Waals surface area contributed by atoms with Crippen molar-refractivity contribution in [2.75, 3.05) is 36.4 Å². The summed E-state index contributed by atoms with van der Waals surface area (Å²) in [5.41, 5.74) is 5.89. The van der Waals surface area contributed by atoms with Crippen LogP contribution in [-0.4, -0.2) is 37.1 Å². The van der Waals surface area contributed by atoms with Crippen molar-refractivity contribution >= 4 is 17.4 Å². The molecule has 1 aliphatic rings. The fourth-order valence-electron chi connectivity index (χ4n) is 3.35. The first-order valence-electron chi connectivity index (χ1n) is 8.49. The fraction of sp³-hybridized carbons (Fsp3) is 0.350. The second-order valence-corrected chi connectivity index (χ2v) is 6.46. The molecule has 0 unspecified atom stereocenters. The second-order valence-electron chi connectivity index (χ2n) is 6.46. The number of hydrogen-bond donors (Lipinski definition) is 1. The third kappa shape index (κ3) is 3.37. The van der Waals surface area contributed by atoms with E-state index in [1.807, 2.05) is 36.1 Å². The van der Waals surface area contributed by atoms with E-state index in [-0.39, 0.29) is 6.03 Å². The summed E-state index contributed by atoms with van der Waals surface area (Å²) in [6, 6.07) is 14.3. The third-order valence-corrected chi connectivity index (χ3v) is 4.71. The first-order chi connectivity index (χ1) is 11.6. The highest BCUT2D eigenvalue weighted by molar-refractivity contribution is 5.90. The lowest BCUT2D eigenvalue weighted by Crippen LogP contribution is -2.50. The Morgan fingerprint density at radius 2 is 1.42 bits per heavy atom. The topological polar surface area (TPSA) is 35.6 Å². The molecule has 0 spiro atoms. The molecule has 0 bridgehead atoms. The number of benzene rings is 2. The van der Waals surface area contributed by atoms with Gasteiger partial charge in [0.2, 0.25) is 0 Å². The van der Waals surface area contributed by atoms with Crippen molar-refractivity contribution in [1.29, 1.82) is 0 Å². The van der Waals surface area contributed by atoms with E-state index in [4.69, 9.17) is 0 Å². The number of carbonyl (C=O) groups excluding carboxylic acids is 1. The fourth-order valence-corrected chi connectivity index (χ4v) is 3.35. The van der Waals surface area contributed by atoms with Crippen LogP contribution in [0.2, 0.25) is 0 Å². The summed E-state index contributed by atoms with van der Waals surface area (Å²) < 4.78 is 0. The van der Waals surface area contributed by atoms with E-state index in [1.165, 1.54) is 16.8 Å². The highest BCUT2D eigenvalue weighted by Crippen LogP contribution is 2.25. The number of carbonyl (C=O) groups is 1. The lowest BCUT2D eigenvalue weighted by Gasteiger charge is -2.37. The van der Waals surface area contributed by atoms with Crippen molar-refractivity contribution in [2.24, 2.45) is 0 Å². The standard InChI is InChI=1S/C20H25N3O/c1-15-7-4-5-10-18(15)21-20(24)23-13-11-22(12-14-23)19-16(2)8-6-9-17(19)3/h4-10H,11-14H2,1-3H3,(H,21,24).